The fourth-order valence-corrected chi connectivity index (χ4v) is 6.37. The lowest BCUT2D eigenvalue weighted by Gasteiger charge is -2.19. The summed E-state index contributed by atoms with van der Waals surface area (Å²) < 4.78 is 47.4. The number of halogens is 2. The molecule has 0 bridgehead atoms. The first-order chi connectivity index (χ1) is 16.7. The van der Waals surface area contributed by atoms with Gasteiger partial charge < -0.3 is 9.30 Å². The smallest absolute Gasteiger partial charge is 0.240 e. The van der Waals surface area contributed by atoms with Crippen LogP contribution in [0, 0.1) is 5.82 Å². The van der Waals surface area contributed by atoms with Crippen LogP contribution in [-0.2, 0) is 21.8 Å². The molecule has 182 valence electrons. The van der Waals surface area contributed by atoms with Crippen LogP contribution in [0.5, 0.6) is 0 Å². The number of sulfonamides is 1. The molecule has 35 heavy (non-hydrogen) atoms. The molecule has 0 atom stereocenters. The number of aryl methyl sites for hydroxylation is 1. The van der Waals surface area contributed by atoms with Crippen LogP contribution in [0.4, 0.5) is 4.39 Å². The molecule has 0 radical (unpaired) electrons. The van der Waals surface area contributed by atoms with E-state index in [0.29, 0.717) is 29.5 Å². The number of nitrogens with two attached hydrogens (primary N) is 1. The molecule has 1 aliphatic rings. The highest BCUT2D eigenvalue weighted by molar-refractivity contribution is 7.89. The second-order valence-corrected chi connectivity index (χ2v) is 11.1. The number of nitrogens with zero attached hydrogens (tertiary/aromatic N) is 4. The van der Waals surface area contributed by atoms with Crippen molar-refractivity contribution in [3.05, 3.63) is 58.8 Å². The van der Waals surface area contributed by atoms with Crippen molar-refractivity contribution in [1.29, 1.82) is 0 Å². The average Bonchev–Trinajstić information content (AvgIpc) is 3.44. The van der Waals surface area contributed by atoms with Crippen LogP contribution >= 0.6 is 22.9 Å². The molecule has 5 rings (SSSR count). The van der Waals surface area contributed by atoms with Crippen LogP contribution in [0.3, 0.4) is 0 Å². The third-order valence-corrected chi connectivity index (χ3v) is 8.29. The first-order valence-electron chi connectivity index (χ1n) is 10.8. The third-order valence-electron chi connectivity index (χ3n) is 5.92. The molecule has 0 spiro atoms. The molecule has 4 heterocycles. The maximum absolute atomic E-state index is 16.1. The average molecular weight is 534 g/mol. The van der Waals surface area contributed by atoms with Gasteiger partial charge in [-0.2, -0.15) is 0 Å². The van der Waals surface area contributed by atoms with Crippen LogP contribution in [-0.4, -0.2) is 41.2 Å². The topological polar surface area (TPSA) is 113 Å². The van der Waals surface area contributed by atoms with Crippen molar-refractivity contribution in [3.63, 3.8) is 0 Å². The van der Waals surface area contributed by atoms with E-state index in [9.17, 15) is 8.42 Å². The van der Waals surface area contributed by atoms with Crippen molar-refractivity contribution < 1.29 is 17.5 Å². The summed E-state index contributed by atoms with van der Waals surface area (Å²) >= 11 is 7.49. The lowest BCUT2D eigenvalue weighted by atomic mass is 10.0. The van der Waals surface area contributed by atoms with E-state index in [1.165, 1.54) is 40.4 Å². The van der Waals surface area contributed by atoms with Gasteiger partial charge in [0, 0.05) is 49.7 Å². The summed E-state index contributed by atoms with van der Waals surface area (Å²) in [6.07, 6.45) is 4.71. The maximum Gasteiger partial charge on any atom is 0.240 e. The van der Waals surface area contributed by atoms with E-state index < -0.39 is 15.8 Å². The Kier molecular flexibility index (Phi) is 6.45. The van der Waals surface area contributed by atoms with Crippen molar-refractivity contribution in [3.8, 4) is 33.1 Å². The molecule has 1 fully saturated rings. The molecule has 8 nitrogen and oxygen atoms in total. The van der Waals surface area contributed by atoms with E-state index in [1.54, 1.807) is 25.2 Å². The summed E-state index contributed by atoms with van der Waals surface area (Å²) in [5, 5.41) is 6.33. The zero-order chi connectivity index (χ0) is 24.7. The Labute approximate surface area is 210 Å². The standard InChI is InChI=1S/C23H21ClFN5O3S2/c1-30-10-6-17(35(26,31)32)20(30)15-4-2-3-14(18(15)25)19-21(16-5-9-27-23(24)28-16)34-22(29-19)13-7-11-33-12-8-13/h2-6,9-10,13H,7-8,11-12H2,1H3,(H2,26,31,32). The van der Waals surface area contributed by atoms with E-state index in [4.69, 9.17) is 26.5 Å². The largest absolute Gasteiger partial charge is 0.381 e. The number of ether oxygens (including phenoxy) is 1. The Balaban J connectivity index is 1.71. The fraction of sp³-hybridized carbons (Fsp3) is 0.261. The normalized spacial score (nSPS) is 15.0. The van der Waals surface area contributed by atoms with Gasteiger partial charge in [0.2, 0.25) is 15.3 Å². The van der Waals surface area contributed by atoms with Gasteiger partial charge in [0.1, 0.15) is 10.7 Å². The second kappa shape index (κ2) is 9.40. The van der Waals surface area contributed by atoms with Gasteiger partial charge in [0.05, 0.1) is 27.0 Å². The van der Waals surface area contributed by atoms with Crippen molar-refractivity contribution in [2.24, 2.45) is 12.2 Å². The summed E-state index contributed by atoms with van der Waals surface area (Å²) in [6.45, 7) is 1.28. The second-order valence-electron chi connectivity index (χ2n) is 8.18. The lowest BCUT2D eigenvalue weighted by Crippen LogP contribution is -2.13. The summed E-state index contributed by atoms with van der Waals surface area (Å²) in [5.41, 5.74) is 1.44. The highest BCUT2D eigenvalue weighted by Gasteiger charge is 2.27. The number of hydrogen-bond acceptors (Lipinski definition) is 7. The molecule has 3 aromatic heterocycles. The lowest BCUT2D eigenvalue weighted by molar-refractivity contribution is 0.0853. The van der Waals surface area contributed by atoms with Gasteiger partial charge in [-0.3, -0.25) is 0 Å². The Morgan fingerprint density at radius 3 is 2.63 bits per heavy atom. The monoisotopic (exact) mass is 533 g/mol. The molecular weight excluding hydrogens is 513 g/mol. The van der Waals surface area contributed by atoms with Gasteiger partial charge in [-0.15, -0.1) is 11.3 Å². The third kappa shape index (κ3) is 4.62. The Morgan fingerprint density at radius 1 is 1.17 bits per heavy atom. The summed E-state index contributed by atoms with van der Waals surface area (Å²) in [4.78, 5) is 13.6. The molecule has 0 amide bonds. The minimum absolute atomic E-state index is 0.0743. The number of thiazole rings is 1. The number of aromatic nitrogens is 4. The SMILES string of the molecule is Cn1ccc(S(N)(=O)=O)c1-c1cccc(-c2nc(C3CCOCC3)sc2-c2ccnc(Cl)n2)c1F. The van der Waals surface area contributed by atoms with Gasteiger partial charge in [-0.25, -0.2) is 32.9 Å². The van der Waals surface area contributed by atoms with Crippen LogP contribution in [0.15, 0.2) is 47.6 Å². The van der Waals surface area contributed by atoms with Crippen molar-refractivity contribution in [1.82, 2.24) is 19.5 Å². The van der Waals surface area contributed by atoms with Crippen molar-refractivity contribution in [2.75, 3.05) is 13.2 Å². The molecule has 1 aromatic carbocycles. The predicted octanol–water partition coefficient (Wildman–Crippen LogP) is 4.61. The Hall–Kier alpha value is -2.70. The molecule has 0 aliphatic carbocycles. The van der Waals surface area contributed by atoms with Crippen LogP contribution in [0.2, 0.25) is 5.28 Å². The molecule has 1 aliphatic heterocycles. The van der Waals surface area contributed by atoms with Crippen LogP contribution in [0.1, 0.15) is 23.8 Å². The summed E-state index contributed by atoms with van der Waals surface area (Å²) in [5.74, 6) is -0.420. The minimum Gasteiger partial charge on any atom is -0.381 e. The number of benzene rings is 1. The minimum atomic E-state index is -4.07. The van der Waals surface area contributed by atoms with Gasteiger partial charge in [0.15, 0.2) is 0 Å². The number of hydrogen-bond donors (Lipinski definition) is 1. The molecular formula is C23H21ClFN5O3S2. The van der Waals surface area contributed by atoms with E-state index in [-0.39, 0.29) is 32.9 Å². The van der Waals surface area contributed by atoms with Crippen molar-refractivity contribution in [2.45, 2.75) is 23.7 Å². The van der Waals surface area contributed by atoms with Crippen molar-refractivity contribution >= 4 is 33.0 Å². The highest BCUT2D eigenvalue weighted by atomic mass is 35.5. The van der Waals surface area contributed by atoms with E-state index >= 15 is 4.39 Å². The zero-order valence-electron chi connectivity index (χ0n) is 18.6. The van der Waals surface area contributed by atoms with E-state index in [2.05, 4.69) is 9.97 Å². The predicted molar refractivity (Wildman–Crippen MR) is 132 cm³/mol. The van der Waals surface area contributed by atoms with E-state index in [1.807, 2.05) is 0 Å². The van der Waals surface area contributed by atoms with Gasteiger partial charge in [-0.1, -0.05) is 6.07 Å². The van der Waals surface area contributed by atoms with Gasteiger partial charge >= 0.3 is 0 Å². The highest BCUT2D eigenvalue weighted by Crippen LogP contribution is 2.43. The summed E-state index contributed by atoms with van der Waals surface area (Å²) in [7, 11) is -2.43. The quantitative estimate of drug-likeness (QED) is 0.375. The van der Waals surface area contributed by atoms with E-state index in [0.717, 1.165) is 17.8 Å². The molecule has 12 heteroatoms. The van der Waals surface area contributed by atoms with Crippen LogP contribution < -0.4 is 5.14 Å². The first kappa shape index (κ1) is 24.0. The fourth-order valence-electron chi connectivity index (χ4n) is 4.23. The molecule has 0 unspecified atom stereocenters. The van der Waals surface area contributed by atoms with Gasteiger partial charge in [-0.05, 0) is 48.7 Å². The first-order valence-corrected chi connectivity index (χ1v) is 13.5. The zero-order valence-corrected chi connectivity index (χ0v) is 21.0. The van der Waals surface area contributed by atoms with Gasteiger partial charge in [0.25, 0.3) is 0 Å². The molecule has 0 saturated carbocycles. The molecule has 1 saturated heterocycles. The molecule has 2 N–H and O–H groups in total. The van der Waals surface area contributed by atoms with Crippen LogP contribution in [0.25, 0.3) is 33.1 Å². The number of rotatable bonds is 5. The Morgan fingerprint density at radius 2 is 1.91 bits per heavy atom. The Bertz CT molecular complexity index is 1510. The maximum atomic E-state index is 16.1. The summed E-state index contributed by atoms with van der Waals surface area (Å²) in [6, 6.07) is 7.87. The number of primary sulfonamides is 1. The molecule has 4 aromatic rings.